The van der Waals surface area contributed by atoms with E-state index in [1.165, 1.54) is 17.8 Å². The summed E-state index contributed by atoms with van der Waals surface area (Å²) in [5.41, 5.74) is 1.50. The number of thioether (sulfide) groups is 1. The summed E-state index contributed by atoms with van der Waals surface area (Å²) in [6.07, 6.45) is 6.40. The molecule has 27 heavy (non-hydrogen) atoms. The zero-order valence-electron chi connectivity index (χ0n) is 14.5. The summed E-state index contributed by atoms with van der Waals surface area (Å²) < 4.78 is 6.38. The number of esters is 1. The molecule has 2 heterocycles. The van der Waals surface area contributed by atoms with Gasteiger partial charge in [-0.05, 0) is 36.8 Å². The van der Waals surface area contributed by atoms with Crippen molar-refractivity contribution in [3.8, 4) is 0 Å². The van der Waals surface area contributed by atoms with E-state index in [0.29, 0.717) is 23.2 Å². The number of nitrogens with one attached hydrogen (secondary N) is 1. The molecule has 9 heteroatoms. The maximum Gasteiger partial charge on any atom is 0.330 e. The lowest BCUT2D eigenvalue weighted by Crippen LogP contribution is -2.14. The van der Waals surface area contributed by atoms with E-state index in [1.54, 1.807) is 60.2 Å². The Morgan fingerprint density at radius 3 is 2.85 bits per heavy atom. The quantitative estimate of drug-likeness (QED) is 0.380. The second-order valence-corrected chi connectivity index (χ2v) is 6.25. The minimum Gasteiger partial charge on any atom is -0.463 e. The Labute approximate surface area is 159 Å². The van der Waals surface area contributed by atoms with Crippen molar-refractivity contribution in [3.05, 3.63) is 54.4 Å². The van der Waals surface area contributed by atoms with Gasteiger partial charge in [-0.25, -0.2) is 14.3 Å². The molecule has 0 radical (unpaired) electrons. The third-order valence-electron chi connectivity index (χ3n) is 3.32. The summed E-state index contributed by atoms with van der Waals surface area (Å²) in [7, 11) is 0. The minimum absolute atomic E-state index is 0.165. The van der Waals surface area contributed by atoms with Crippen LogP contribution in [0.3, 0.4) is 0 Å². The van der Waals surface area contributed by atoms with Crippen LogP contribution in [-0.4, -0.2) is 43.8 Å². The molecule has 0 atom stereocenters. The van der Waals surface area contributed by atoms with Gasteiger partial charge in [0.15, 0.2) is 0 Å². The van der Waals surface area contributed by atoms with Crippen molar-refractivity contribution in [2.75, 3.05) is 17.7 Å². The topological polar surface area (TPSA) is 98.5 Å². The number of amides is 1. The monoisotopic (exact) mass is 383 g/mol. The van der Waals surface area contributed by atoms with Crippen LogP contribution in [0.15, 0.2) is 54.0 Å². The maximum atomic E-state index is 12.1. The summed E-state index contributed by atoms with van der Waals surface area (Å²) in [6, 6.07) is 8.89. The summed E-state index contributed by atoms with van der Waals surface area (Å²) in [4.78, 5) is 31.7. The third-order valence-corrected chi connectivity index (χ3v) is 4.16. The molecule has 1 amide bonds. The summed E-state index contributed by atoms with van der Waals surface area (Å²) in [6.45, 7) is 2.09. The van der Waals surface area contributed by atoms with Crippen molar-refractivity contribution in [3.63, 3.8) is 0 Å². The number of carbonyl (C=O) groups excluding carboxylic acids is 2. The van der Waals surface area contributed by atoms with E-state index in [4.69, 9.17) is 4.74 Å². The Hall–Kier alpha value is -3.20. The average molecular weight is 383 g/mol. The van der Waals surface area contributed by atoms with Gasteiger partial charge in [0.2, 0.25) is 11.1 Å². The van der Waals surface area contributed by atoms with Gasteiger partial charge in [0.05, 0.1) is 12.4 Å². The van der Waals surface area contributed by atoms with Crippen LogP contribution >= 0.6 is 11.8 Å². The molecule has 0 saturated carbocycles. The number of fused-ring (bicyclic) bond motifs is 1. The van der Waals surface area contributed by atoms with Gasteiger partial charge in [0.1, 0.15) is 0 Å². The average Bonchev–Trinajstić information content (AvgIpc) is 3.09. The van der Waals surface area contributed by atoms with Crippen LogP contribution in [0.1, 0.15) is 12.5 Å². The van der Waals surface area contributed by atoms with E-state index in [0.717, 1.165) is 5.56 Å². The number of hydrogen-bond acceptors (Lipinski definition) is 7. The first-order valence-electron chi connectivity index (χ1n) is 8.19. The highest BCUT2D eigenvalue weighted by Crippen LogP contribution is 2.15. The smallest absolute Gasteiger partial charge is 0.330 e. The lowest BCUT2D eigenvalue weighted by molar-refractivity contribution is -0.137. The molecule has 0 unspecified atom stereocenters. The molecule has 0 bridgehead atoms. The molecule has 0 aliphatic rings. The molecule has 0 aliphatic heterocycles. The van der Waals surface area contributed by atoms with E-state index in [2.05, 4.69) is 20.4 Å². The van der Waals surface area contributed by atoms with Gasteiger partial charge in [-0.3, -0.25) is 4.79 Å². The fourth-order valence-corrected chi connectivity index (χ4v) is 2.76. The predicted octanol–water partition coefficient (Wildman–Crippen LogP) is 2.43. The van der Waals surface area contributed by atoms with E-state index in [1.807, 2.05) is 0 Å². The van der Waals surface area contributed by atoms with Crippen LogP contribution in [0.5, 0.6) is 0 Å². The van der Waals surface area contributed by atoms with Gasteiger partial charge in [-0.1, -0.05) is 23.9 Å². The Bertz CT molecular complexity index is 936. The van der Waals surface area contributed by atoms with Gasteiger partial charge < -0.3 is 10.1 Å². The molecule has 8 nitrogen and oxygen atoms in total. The van der Waals surface area contributed by atoms with Crippen LogP contribution in [0.2, 0.25) is 0 Å². The van der Waals surface area contributed by atoms with Crippen molar-refractivity contribution >= 4 is 41.2 Å². The van der Waals surface area contributed by atoms with Gasteiger partial charge in [0, 0.05) is 24.2 Å². The van der Waals surface area contributed by atoms with Crippen molar-refractivity contribution in [1.82, 2.24) is 19.6 Å². The number of anilines is 1. The molecule has 0 spiro atoms. The molecule has 0 fully saturated rings. The van der Waals surface area contributed by atoms with Crippen molar-refractivity contribution in [1.29, 1.82) is 0 Å². The fraction of sp³-hybridized carbons (Fsp3) is 0.167. The molecular weight excluding hydrogens is 366 g/mol. The van der Waals surface area contributed by atoms with Crippen LogP contribution < -0.4 is 5.32 Å². The normalized spacial score (nSPS) is 11.0. The highest BCUT2D eigenvalue weighted by molar-refractivity contribution is 7.99. The highest BCUT2D eigenvalue weighted by Gasteiger charge is 2.08. The lowest BCUT2D eigenvalue weighted by Gasteiger charge is -2.04. The molecule has 2 aromatic heterocycles. The molecule has 138 valence electrons. The van der Waals surface area contributed by atoms with Crippen molar-refractivity contribution in [2.24, 2.45) is 0 Å². The van der Waals surface area contributed by atoms with Crippen LogP contribution in [0.4, 0.5) is 5.69 Å². The fourth-order valence-electron chi connectivity index (χ4n) is 2.13. The predicted molar refractivity (Wildman–Crippen MR) is 102 cm³/mol. The number of aromatic nitrogens is 4. The molecular formula is C18H17N5O3S. The summed E-state index contributed by atoms with van der Waals surface area (Å²) >= 11 is 1.23. The summed E-state index contributed by atoms with van der Waals surface area (Å²) in [5.74, 6) is 0.123. The van der Waals surface area contributed by atoms with Crippen LogP contribution in [-0.2, 0) is 14.3 Å². The van der Waals surface area contributed by atoms with Crippen LogP contribution in [0, 0.1) is 0 Å². The third kappa shape index (κ3) is 5.38. The molecule has 1 aromatic carbocycles. The van der Waals surface area contributed by atoms with Gasteiger partial charge in [-0.2, -0.15) is 4.98 Å². The number of hydrogen-bond donors (Lipinski definition) is 1. The number of carbonyl (C=O) groups is 2. The zero-order valence-corrected chi connectivity index (χ0v) is 15.3. The van der Waals surface area contributed by atoms with Crippen molar-refractivity contribution in [2.45, 2.75) is 12.1 Å². The first-order valence-corrected chi connectivity index (χ1v) is 9.17. The first-order chi connectivity index (χ1) is 13.1. The SMILES string of the molecule is CCOC(=O)/C=C/c1ccc(NC(=O)CSc2nc3ncccn3n2)cc1. The molecule has 0 aliphatic carbocycles. The first kappa shape index (κ1) is 18.6. The number of benzene rings is 1. The molecule has 3 aromatic rings. The minimum atomic E-state index is -0.386. The molecule has 1 N–H and O–H groups in total. The number of rotatable bonds is 7. The Morgan fingerprint density at radius 1 is 1.30 bits per heavy atom. The maximum absolute atomic E-state index is 12.1. The zero-order chi connectivity index (χ0) is 19.1. The highest BCUT2D eigenvalue weighted by atomic mass is 32.2. The summed E-state index contributed by atoms with van der Waals surface area (Å²) in [5, 5.41) is 7.53. The molecule has 0 saturated heterocycles. The van der Waals surface area contributed by atoms with E-state index >= 15 is 0 Å². The second kappa shape index (κ2) is 8.95. The largest absolute Gasteiger partial charge is 0.463 e. The van der Waals surface area contributed by atoms with E-state index in [-0.39, 0.29) is 17.6 Å². The second-order valence-electron chi connectivity index (χ2n) is 5.30. The van der Waals surface area contributed by atoms with Crippen LogP contribution in [0.25, 0.3) is 11.9 Å². The Morgan fingerprint density at radius 2 is 2.11 bits per heavy atom. The van der Waals surface area contributed by atoms with Gasteiger partial charge >= 0.3 is 5.97 Å². The Kier molecular flexibility index (Phi) is 6.16. The van der Waals surface area contributed by atoms with E-state index < -0.39 is 0 Å². The standard InChI is InChI=1S/C18H17N5O3S/c1-2-26-16(25)9-6-13-4-7-14(8-5-13)20-15(24)12-27-18-21-17-19-10-3-11-23(17)22-18/h3-11H,2,12H2,1H3,(H,20,24)/b9-6+. The molecule has 3 rings (SSSR count). The number of nitrogens with zero attached hydrogens (tertiary/aromatic N) is 4. The van der Waals surface area contributed by atoms with Gasteiger partial charge in [0.25, 0.3) is 5.78 Å². The Balaban J connectivity index is 1.50. The van der Waals surface area contributed by atoms with Crippen molar-refractivity contribution < 1.29 is 14.3 Å². The van der Waals surface area contributed by atoms with Gasteiger partial charge in [-0.15, -0.1) is 5.10 Å². The lowest BCUT2D eigenvalue weighted by atomic mass is 10.2. The van der Waals surface area contributed by atoms with E-state index in [9.17, 15) is 9.59 Å². The number of ether oxygens (including phenoxy) is 1.